The van der Waals surface area contributed by atoms with Gasteiger partial charge in [0.2, 0.25) is 0 Å². The largest absolute Gasteiger partial charge is 0.360 e. The van der Waals surface area contributed by atoms with E-state index in [2.05, 4.69) is 21.9 Å². The molecule has 3 aromatic rings. The molecule has 0 bridgehead atoms. The Kier molecular flexibility index (Phi) is 6.02. The number of anilines is 2. The van der Waals surface area contributed by atoms with Crippen molar-refractivity contribution in [3.63, 3.8) is 0 Å². The molecule has 2 aromatic heterocycles. The summed E-state index contributed by atoms with van der Waals surface area (Å²) in [5.41, 5.74) is 6.37. The number of aromatic nitrogens is 2. The molecule has 1 aromatic carbocycles. The minimum absolute atomic E-state index is 0.329. The van der Waals surface area contributed by atoms with Crippen LogP contribution in [0.15, 0.2) is 46.1 Å². The summed E-state index contributed by atoms with van der Waals surface area (Å²) in [5.74, 6) is 0.591. The summed E-state index contributed by atoms with van der Waals surface area (Å²) in [6, 6.07) is 11.2. The zero-order valence-corrected chi connectivity index (χ0v) is 20.8. The van der Waals surface area contributed by atoms with Crippen LogP contribution in [0.5, 0.6) is 0 Å². The van der Waals surface area contributed by atoms with E-state index in [9.17, 15) is 10.1 Å². The molecule has 8 nitrogen and oxygen atoms in total. The SMILES string of the molecule is CC1=C(C(=O)Nc2cc(C)on2)[C@H](c2cc(C#N)n(C)c2C)NC(=S)N1c1cc(C)ccc1C. The Morgan fingerprint density at radius 1 is 1.21 bits per heavy atom. The van der Waals surface area contributed by atoms with Gasteiger partial charge in [-0.15, -0.1) is 0 Å². The second kappa shape index (κ2) is 8.80. The van der Waals surface area contributed by atoms with Crippen molar-refractivity contribution in [1.82, 2.24) is 15.0 Å². The fourth-order valence-corrected chi connectivity index (χ4v) is 4.61. The van der Waals surface area contributed by atoms with Crippen LogP contribution in [0.25, 0.3) is 0 Å². The van der Waals surface area contributed by atoms with Crippen LogP contribution < -0.4 is 15.5 Å². The minimum Gasteiger partial charge on any atom is -0.360 e. The maximum Gasteiger partial charge on any atom is 0.257 e. The summed E-state index contributed by atoms with van der Waals surface area (Å²) in [6.45, 7) is 9.59. The molecule has 4 rings (SSSR count). The Labute approximate surface area is 203 Å². The standard InChI is InChI=1S/C25H26N6O2S/c1-13-7-8-14(2)20(9-13)31-17(5)22(24(32)27-21-10-15(3)33-29-21)23(28-25(31)34)19-11-18(12-26)30(6)16(19)4/h7-11,23H,1-6H3,(H,28,34)(H,27,29,32)/t23-/m0/s1. The molecule has 0 unspecified atom stereocenters. The van der Waals surface area contributed by atoms with Gasteiger partial charge in [0.15, 0.2) is 10.9 Å². The van der Waals surface area contributed by atoms with Gasteiger partial charge < -0.3 is 19.7 Å². The van der Waals surface area contributed by atoms with E-state index in [4.69, 9.17) is 16.7 Å². The number of carbonyl (C=O) groups is 1. The van der Waals surface area contributed by atoms with Gasteiger partial charge in [0.25, 0.3) is 5.91 Å². The van der Waals surface area contributed by atoms with E-state index in [0.29, 0.717) is 33.7 Å². The van der Waals surface area contributed by atoms with Crippen molar-refractivity contribution in [3.8, 4) is 6.07 Å². The summed E-state index contributed by atoms with van der Waals surface area (Å²) in [6.07, 6.45) is 0. The highest BCUT2D eigenvalue weighted by atomic mass is 32.1. The minimum atomic E-state index is -0.546. The molecule has 1 amide bonds. The molecular formula is C25H26N6O2S. The molecule has 3 heterocycles. The zero-order chi connectivity index (χ0) is 24.7. The number of benzene rings is 1. The predicted molar refractivity (Wildman–Crippen MR) is 134 cm³/mol. The maximum absolute atomic E-state index is 13.6. The van der Waals surface area contributed by atoms with E-state index in [0.717, 1.165) is 28.1 Å². The molecule has 1 aliphatic heterocycles. The molecule has 0 saturated carbocycles. The number of amides is 1. The highest BCUT2D eigenvalue weighted by Crippen LogP contribution is 2.37. The monoisotopic (exact) mass is 474 g/mol. The van der Waals surface area contributed by atoms with Gasteiger partial charge in [0.05, 0.1) is 17.3 Å². The number of nitrogens with one attached hydrogen (secondary N) is 2. The van der Waals surface area contributed by atoms with E-state index < -0.39 is 6.04 Å². The van der Waals surface area contributed by atoms with Crippen molar-refractivity contribution < 1.29 is 9.32 Å². The van der Waals surface area contributed by atoms with E-state index in [1.807, 2.05) is 62.4 Å². The molecule has 0 spiro atoms. The molecule has 174 valence electrons. The van der Waals surface area contributed by atoms with E-state index in [1.165, 1.54) is 0 Å². The third kappa shape index (κ3) is 3.97. The van der Waals surface area contributed by atoms with E-state index in [1.54, 1.807) is 19.1 Å². The van der Waals surface area contributed by atoms with Gasteiger partial charge >= 0.3 is 0 Å². The Morgan fingerprint density at radius 2 is 1.94 bits per heavy atom. The first kappa shape index (κ1) is 23.3. The van der Waals surface area contributed by atoms with Gasteiger partial charge in [0.1, 0.15) is 17.5 Å². The smallest absolute Gasteiger partial charge is 0.257 e. The van der Waals surface area contributed by atoms with Crippen LogP contribution in [0.3, 0.4) is 0 Å². The fourth-order valence-electron chi connectivity index (χ4n) is 4.25. The van der Waals surface area contributed by atoms with Crippen LogP contribution in [-0.4, -0.2) is 20.7 Å². The molecule has 0 saturated heterocycles. The number of carbonyl (C=O) groups excluding carboxylic acids is 1. The summed E-state index contributed by atoms with van der Waals surface area (Å²) in [7, 11) is 1.83. The van der Waals surface area contributed by atoms with Crippen molar-refractivity contribution in [3.05, 3.63) is 75.4 Å². The number of hydrogen-bond donors (Lipinski definition) is 2. The third-order valence-corrected chi connectivity index (χ3v) is 6.50. The predicted octanol–water partition coefficient (Wildman–Crippen LogP) is 4.47. The molecule has 1 atom stereocenters. The number of rotatable bonds is 4. The molecule has 0 fully saturated rings. The van der Waals surface area contributed by atoms with Crippen molar-refractivity contribution in [1.29, 1.82) is 5.26 Å². The molecule has 9 heteroatoms. The van der Waals surface area contributed by atoms with Gasteiger partial charge in [-0.1, -0.05) is 17.3 Å². The average molecular weight is 475 g/mol. The lowest BCUT2D eigenvalue weighted by Crippen LogP contribution is -2.49. The van der Waals surface area contributed by atoms with E-state index >= 15 is 0 Å². The fraction of sp³-hybridized carbons (Fsp3) is 0.280. The molecule has 0 radical (unpaired) electrons. The Balaban J connectivity index is 1.89. The number of hydrogen-bond acceptors (Lipinski definition) is 5. The molecule has 34 heavy (non-hydrogen) atoms. The Hall–Kier alpha value is -3.90. The third-order valence-electron chi connectivity index (χ3n) is 6.20. The Bertz CT molecular complexity index is 1390. The first-order chi connectivity index (χ1) is 16.1. The van der Waals surface area contributed by atoms with Gasteiger partial charge in [0, 0.05) is 30.1 Å². The quantitative estimate of drug-likeness (QED) is 0.538. The summed E-state index contributed by atoms with van der Waals surface area (Å²) in [5, 5.41) is 20.1. The molecule has 0 aliphatic carbocycles. The van der Waals surface area contributed by atoms with Crippen molar-refractivity contribution >= 4 is 34.7 Å². The summed E-state index contributed by atoms with van der Waals surface area (Å²) >= 11 is 5.80. The second-order valence-electron chi connectivity index (χ2n) is 8.53. The van der Waals surface area contributed by atoms with Crippen LogP contribution in [0.4, 0.5) is 11.5 Å². The number of aryl methyl sites for hydroxylation is 3. The van der Waals surface area contributed by atoms with Crippen molar-refractivity contribution in [2.45, 2.75) is 40.7 Å². The lowest BCUT2D eigenvalue weighted by Gasteiger charge is -2.38. The highest BCUT2D eigenvalue weighted by Gasteiger charge is 2.37. The van der Waals surface area contributed by atoms with Gasteiger partial charge in [-0.05, 0) is 70.1 Å². The van der Waals surface area contributed by atoms with E-state index in [-0.39, 0.29) is 5.91 Å². The van der Waals surface area contributed by atoms with Crippen LogP contribution in [0.1, 0.15) is 46.8 Å². The second-order valence-corrected chi connectivity index (χ2v) is 8.91. The molecule has 1 aliphatic rings. The summed E-state index contributed by atoms with van der Waals surface area (Å²) < 4.78 is 6.92. The number of nitrogens with zero attached hydrogens (tertiary/aromatic N) is 4. The zero-order valence-electron chi connectivity index (χ0n) is 20.0. The topological polar surface area (TPSA) is 99.1 Å². The summed E-state index contributed by atoms with van der Waals surface area (Å²) in [4.78, 5) is 15.5. The van der Waals surface area contributed by atoms with Gasteiger partial charge in [-0.3, -0.25) is 9.69 Å². The lowest BCUT2D eigenvalue weighted by atomic mass is 9.93. The van der Waals surface area contributed by atoms with Crippen LogP contribution >= 0.6 is 12.2 Å². The normalized spacial score (nSPS) is 15.9. The average Bonchev–Trinajstić information content (AvgIpc) is 3.32. The van der Waals surface area contributed by atoms with Crippen LogP contribution in [0.2, 0.25) is 0 Å². The number of nitriles is 1. The van der Waals surface area contributed by atoms with Crippen molar-refractivity contribution in [2.24, 2.45) is 7.05 Å². The number of allylic oxidation sites excluding steroid dienone is 1. The lowest BCUT2D eigenvalue weighted by molar-refractivity contribution is -0.113. The maximum atomic E-state index is 13.6. The van der Waals surface area contributed by atoms with Gasteiger partial charge in [-0.25, -0.2) is 0 Å². The van der Waals surface area contributed by atoms with Crippen LogP contribution in [0, 0.1) is 39.0 Å². The first-order valence-electron chi connectivity index (χ1n) is 10.8. The van der Waals surface area contributed by atoms with Gasteiger partial charge in [-0.2, -0.15) is 5.26 Å². The highest BCUT2D eigenvalue weighted by molar-refractivity contribution is 7.80. The molecular weight excluding hydrogens is 448 g/mol. The molecule has 2 N–H and O–H groups in total. The van der Waals surface area contributed by atoms with Crippen molar-refractivity contribution in [2.75, 3.05) is 10.2 Å². The first-order valence-corrected chi connectivity index (χ1v) is 11.2. The Morgan fingerprint density at radius 3 is 2.56 bits per heavy atom. The number of thiocarbonyl (C=S) groups is 1. The van der Waals surface area contributed by atoms with Crippen LogP contribution in [-0.2, 0) is 11.8 Å².